The summed E-state index contributed by atoms with van der Waals surface area (Å²) >= 11 is 1.24. The van der Waals surface area contributed by atoms with Gasteiger partial charge in [0.25, 0.3) is 10.0 Å². The number of rotatable bonds is 4. The van der Waals surface area contributed by atoms with Crippen molar-refractivity contribution in [2.45, 2.75) is 61.6 Å². The number of hydrogen-bond acceptors (Lipinski definition) is 4. The molecule has 1 aromatic heterocycles. The molecular weight excluding hydrogens is 356 g/mol. The lowest BCUT2D eigenvalue weighted by Gasteiger charge is -2.35. The van der Waals surface area contributed by atoms with E-state index in [-0.39, 0.29) is 11.8 Å². The Kier molecular flexibility index (Phi) is 6.17. The van der Waals surface area contributed by atoms with Gasteiger partial charge in [-0.3, -0.25) is 4.79 Å². The molecule has 3 rings (SSSR count). The van der Waals surface area contributed by atoms with Crippen molar-refractivity contribution >= 4 is 27.3 Å². The van der Waals surface area contributed by atoms with Gasteiger partial charge in [0.05, 0.1) is 5.92 Å². The predicted molar refractivity (Wildman–Crippen MR) is 100 cm³/mol. The molecular formula is C18H28N2O3S2. The lowest BCUT2D eigenvalue weighted by atomic mass is 9.96. The van der Waals surface area contributed by atoms with Crippen LogP contribution in [0.1, 0.15) is 51.4 Å². The zero-order valence-corrected chi connectivity index (χ0v) is 16.5. The predicted octanol–water partition coefficient (Wildman–Crippen LogP) is 3.33. The Bertz CT molecular complexity index is 665. The van der Waals surface area contributed by atoms with Crippen LogP contribution in [0.5, 0.6) is 0 Å². The van der Waals surface area contributed by atoms with E-state index in [1.165, 1.54) is 41.3 Å². The molecule has 0 radical (unpaired) electrons. The van der Waals surface area contributed by atoms with E-state index in [4.69, 9.17) is 0 Å². The molecule has 0 spiro atoms. The van der Waals surface area contributed by atoms with Gasteiger partial charge in [-0.2, -0.15) is 4.31 Å². The Morgan fingerprint density at radius 3 is 2.52 bits per heavy atom. The lowest BCUT2D eigenvalue weighted by molar-refractivity contribution is -0.137. The van der Waals surface area contributed by atoms with Crippen LogP contribution in [0.25, 0.3) is 0 Å². The Labute approximate surface area is 155 Å². The molecule has 140 valence electrons. The third-order valence-electron chi connectivity index (χ3n) is 5.54. The number of hydrogen-bond donors (Lipinski definition) is 0. The van der Waals surface area contributed by atoms with E-state index in [2.05, 4.69) is 0 Å². The molecule has 1 aromatic rings. The van der Waals surface area contributed by atoms with E-state index >= 15 is 0 Å². The molecule has 7 heteroatoms. The van der Waals surface area contributed by atoms with Crippen LogP contribution in [0.3, 0.4) is 0 Å². The summed E-state index contributed by atoms with van der Waals surface area (Å²) in [6.45, 7) is 0.827. The summed E-state index contributed by atoms with van der Waals surface area (Å²) in [5, 5.41) is 1.78. The largest absolute Gasteiger partial charge is 0.342 e. The lowest BCUT2D eigenvalue weighted by Crippen LogP contribution is -2.48. The minimum atomic E-state index is -3.46. The van der Waals surface area contributed by atoms with Crippen LogP contribution in [0.15, 0.2) is 21.7 Å². The maximum atomic E-state index is 13.0. The highest BCUT2D eigenvalue weighted by Crippen LogP contribution is 2.28. The molecule has 1 unspecified atom stereocenters. The summed E-state index contributed by atoms with van der Waals surface area (Å²) in [5.41, 5.74) is 0. The highest BCUT2D eigenvalue weighted by atomic mass is 32.2. The fraction of sp³-hybridized carbons (Fsp3) is 0.722. The van der Waals surface area contributed by atoms with Crippen molar-refractivity contribution in [1.82, 2.24) is 9.21 Å². The quantitative estimate of drug-likeness (QED) is 0.748. The molecule has 1 atom stereocenters. The molecule has 25 heavy (non-hydrogen) atoms. The molecule has 0 N–H and O–H groups in total. The van der Waals surface area contributed by atoms with Gasteiger partial charge in [-0.1, -0.05) is 31.7 Å². The van der Waals surface area contributed by atoms with E-state index in [0.29, 0.717) is 23.3 Å². The zero-order chi connectivity index (χ0) is 17.9. The van der Waals surface area contributed by atoms with Crippen LogP contribution >= 0.6 is 11.3 Å². The normalized spacial score (nSPS) is 24.0. The Balaban J connectivity index is 1.67. The van der Waals surface area contributed by atoms with E-state index in [9.17, 15) is 13.2 Å². The van der Waals surface area contributed by atoms with Gasteiger partial charge in [-0.25, -0.2) is 8.42 Å². The van der Waals surface area contributed by atoms with Gasteiger partial charge in [-0.05, 0) is 37.1 Å². The second kappa shape index (κ2) is 8.18. The van der Waals surface area contributed by atoms with Gasteiger partial charge in [0.1, 0.15) is 4.21 Å². The summed E-state index contributed by atoms with van der Waals surface area (Å²) in [7, 11) is -1.55. The first kappa shape index (κ1) is 18.9. The minimum absolute atomic E-state index is 0.123. The number of sulfonamides is 1. The molecule has 1 amide bonds. The van der Waals surface area contributed by atoms with Crippen LogP contribution in [-0.4, -0.2) is 49.7 Å². The Morgan fingerprint density at radius 2 is 1.88 bits per heavy atom. The van der Waals surface area contributed by atoms with E-state index in [1.54, 1.807) is 17.5 Å². The van der Waals surface area contributed by atoms with Crippen molar-refractivity contribution in [3.63, 3.8) is 0 Å². The molecule has 5 nitrogen and oxygen atoms in total. The molecule has 0 aromatic carbocycles. The smallest absolute Gasteiger partial charge is 0.252 e. The molecule has 2 aliphatic rings. The highest BCUT2D eigenvalue weighted by molar-refractivity contribution is 7.91. The zero-order valence-electron chi connectivity index (χ0n) is 14.9. The van der Waals surface area contributed by atoms with Gasteiger partial charge in [0.2, 0.25) is 5.91 Å². The number of nitrogens with zero attached hydrogens (tertiary/aromatic N) is 2. The average molecular weight is 385 g/mol. The van der Waals surface area contributed by atoms with E-state index in [0.717, 1.165) is 25.7 Å². The van der Waals surface area contributed by atoms with E-state index < -0.39 is 10.0 Å². The summed E-state index contributed by atoms with van der Waals surface area (Å²) in [4.78, 5) is 14.9. The number of thiophene rings is 1. The number of piperidine rings is 1. The summed E-state index contributed by atoms with van der Waals surface area (Å²) in [5.74, 6) is -0.0882. The molecule has 2 heterocycles. The van der Waals surface area contributed by atoms with Crippen LogP contribution in [0.2, 0.25) is 0 Å². The van der Waals surface area contributed by atoms with E-state index in [1.807, 2.05) is 11.9 Å². The maximum Gasteiger partial charge on any atom is 0.252 e. The number of carbonyl (C=O) groups excluding carboxylic acids is 1. The molecule has 1 saturated carbocycles. The fourth-order valence-corrected chi connectivity index (χ4v) is 6.68. The third-order valence-corrected chi connectivity index (χ3v) is 8.78. The average Bonchev–Trinajstić information content (AvgIpc) is 3.05. The van der Waals surface area contributed by atoms with Crippen LogP contribution in [0.4, 0.5) is 0 Å². The molecule has 1 aliphatic heterocycles. The first-order valence-corrected chi connectivity index (χ1v) is 11.6. The molecule has 2 fully saturated rings. The van der Waals surface area contributed by atoms with Crippen LogP contribution < -0.4 is 0 Å². The standard InChI is InChI=1S/C18H28N2O3S2/c1-19(16-9-4-2-3-5-10-16)18(21)15-8-6-12-20(14-15)25(22,23)17-11-7-13-24-17/h7,11,13,15-16H,2-6,8-10,12,14H2,1H3. The van der Waals surface area contributed by atoms with Gasteiger partial charge < -0.3 is 4.90 Å². The van der Waals surface area contributed by atoms with Crippen LogP contribution in [0, 0.1) is 5.92 Å². The van der Waals surface area contributed by atoms with Gasteiger partial charge in [-0.15, -0.1) is 11.3 Å². The Hall–Kier alpha value is -0.920. The van der Waals surface area contributed by atoms with Crippen molar-refractivity contribution in [2.75, 3.05) is 20.1 Å². The summed E-state index contributed by atoms with van der Waals surface area (Å²) in [6.07, 6.45) is 8.57. The van der Waals surface area contributed by atoms with Crippen molar-refractivity contribution in [3.05, 3.63) is 17.5 Å². The molecule has 1 saturated heterocycles. The Morgan fingerprint density at radius 1 is 1.16 bits per heavy atom. The molecule has 1 aliphatic carbocycles. The maximum absolute atomic E-state index is 13.0. The monoisotopic (exact) mass is 384 g/mol. The van der Waals surface area contributed by atoms with Gasteiger partial charge >= 0.3 is 0 Å². The van der Waals surface area contributed by atoms with Crippen molar-refractivity contribution in [2.24, 2.45) is 5.92 Å². The number of carbonyl (C=O) groups is 1. The summed E-state index contributed by atoms with van der Waals surface area (Å²) < 4.78 is 27.4. The topological polar surface area (TPSA) is 57.7 Å². The minimum Gasteiger partial charge on any atom is -0.342 e. The fourth-order valence-electron chi connectivity index (χ4n) is 4.01. The van der Waals surface area contributed by atoms with Gasteiger partial charge in [0.15, 0.2) is 0 Å². The second-order valence-electron chi connectivity index (χ2n) is 7.23. The summed E-state index contributed by atoms with van der Waals surface area (Å²) in [6, 6.07) is 3.71. The molecule has 0 bridgehead atoms. The highest BCUT2D eigenvalue weighted by Gasteiger charge is 2.36. The number of amides is 1. The van der Waals surface area contributed by atoms with Crippen LogP contribution in [-0.2, 0) is 14.8 Å². The first-order valence-electron chi connectivity index (χ1n) is 9.30. The van der Waals surface area contributed by atoms with Gasteiger partial charge in [0, 0.05) is 26.2 Å². The van der Waals surface area contributed by atoms with Crippen molar-refractivity contribution in [3.8, 4) is 0 Å². The second-order valence-corrected chi connectivity index (χ2v) is 10.3. The van der Waals surface area contributed by atoms with Crippen molar-refractivity contribution < 1.29 is 13.2 Å². The van der Waals surface area contributed by atoms with Crippen molar-refractivity contribution in [1.29, 1.82) is 0 Å². The third kappa shape index (κ3) is 4.26. The SMILES string of the molecule is CN(C(=O)C1CCCN(S(=O)(=O)c2cccs2)C1)C1CCCCCC1. The first-order chi connectivity index (χ1) is 12.0.